The van der Waals surface area contributed by atoms with Crippen molar-refractivity contribution < 1.29 is 5.11 Å². The number of nitrogens with zero attached hydrogens (tertiary/aromatic N) is 3. The Kier molecular flexibility index (Phi) is 5.25. The molecule has 0 fully saturated rings. The number of pyridine rings is 1. The molecule has 0 spiro atoms. The van der Waals surface area contributed by atoms with Crippen molar-refractivity contribution in [1.82, 2.24) is 4.68 Å². The van der Waals surface area contributed by atoms with Gasteiger partial charge in [-0.1, -0.05) is 41.4 Å². The van der Waals surface area contributed by atoms with Gasteiger partial charge in [-0.2, -0.15) is 9.79 Å². The highest BCUT2D eigenvalue weighted by Gasteiger charge is 2.13. The van der Waals surface area contributed by atoms with Gasteiger partial charge in [0.2, 0.25) is 5.88 Å². The summed E-state index contributed by atoms with van der Waals surface area (Å²) in [5, 5.41) is 19.4. The third-order valence-corrected chi connectivity index (χ3v) is 4.28. The first-order valence-electron chi connectivity index (χ1n) is 7.60. The lowest BCUT2D eigenvalue weighted by molar-refractivity contribution is 0.429. The predicted molar refractivity (Wildman–Crippen MR) is 103 cm³/mol. The molecule has 3 aromatic rings. The average molecular weight is 389 g/mol. The zero-order valence-corrected chi connectivity index (χ0v) is 15.2. The van der Waals surface area contributed by atoms with Crippen molar-refractivity contribution in [2.24, 2.45) is 10.2 Å². The maximum atomic E-state index is 12.2. The highest BCUT2D eigenvalue weighted by molar-refractivity contribution is 6.42. The van der Waals surface area contributed by atoms with Crippen LogP contribution in [0, 0.1) is 6.92 Å². The van der Waals surface area contributed by atoms with Crippen LogP contribution < -0.4 is 11.0 Å². The first-order valence-corrected chi connectivity index (χ1v) is 8.36. The smallest absolute Gasteiger partial charge is 0.272 e. The van der Waals surface area contributed by atoms with Gasteiger partial charge in [0, 0.05) is 6.07 Å². The molecule has 0 atom stereocenters. The van der Waals surface area contributed by atoms with Gasteiger partial charge in [-0.25, -0.2) is 0 Å². The number of halogens is 2. The van der Waals surface area contributed by atoms with Gasteiger partial charge >= 0.3 is 0 Å². The molecule has 132 valence electrons. The molecular weight excluding hydrogens is 375 g/mol. The van der Waals surface area contributed by atoms with Crippen LogP contribution in [0.3, 0.4) is 0 Å². The summed E-state index contributed by atoms with van der Waals surface area (Å²) >= 11 is 11.8. The van der Waals surface area contributed by atoms with Crippen LogP contribution >= 0.6 is 23.2 Å². The number of nitrogens with one attached hydrogen (secondary N) is 1. The fourth-order valence-corrected chi connectivity index (χ4v) is 2.53. The molecule has 0 aliphatic rings. The third kappa shape index (κ3) is 3.87. The van der Waals surface area contributed by atoms with Gasteiger partial charge in [0.25, 0.3) is 5.56 Å². The number of azo groups is 1. The third-order valence-electron chi connectivity index (χ3n) is 3.54. The number of benzene rings is 2. The Morgan fingerprint density at radius 3 is 2.42 bits per heavy atom. The van der Waals surface area contributed by atoms with E-state index in [4.69, 9.17) is 23.2 Å². The van der Waals surface area contributed by atoms with Crippen LogP contribution in [-0.2, 0) is 0 Å². The molecule has 26 heavy (non-hydrogen) atoms. The molecule has 0 amide bonds. The Labute approximate surface area is 159 Å². The number of anilines is 1. The lowest BCUT2D eigenvalue weighted by Crippen LogP contribution is -2.25. The predicted octanol–water partition coefficient (Wildman–Crippen LogP) is 5.46. The Morgan fingerprint density at radius 2 is 1.73 bits per heavy atom. The summed E-state index contributed by atoms with van der Waals surface area (Å²) in [6.07, 6.45) is 0. The molecule has 0 unspecified atom stereocenters. The zero-order valence-electron chi connectivity index (χ0n) is 13.6. The summed E-state index contributed by atoms with van der Waals surface area (Å²) in [4.78, 5) is 12.2. The summed E-state index contributed by atoms with van der Waals surface area (Å²) in [7, 11) is 0. The van der Waals surface area contributed by atoms with E-state index in [1.54, 1.807) is 37.3 Å². The van der Waals surface area contributed by atoms with Crippen LogP contribution in [-0.4, -0.2) is 9.78 Å². The van der Waals surface area contributed by atoms with Crippen molar-refractivity contribution in [3.05, 3.63) is 80.6 Å². The molecule has 0 aliphatic carbocycles. The van der Waals surface area contributed by atoms with Gasteiger partial charge in [-0.15, -0.1) is 5.11 Å². The lowest BCUT2D eigenvalue weighted by Gasteiger charge is -2.13. The van der Waals surface area contributed by atoms with Crippen molar-refractivity contribution >= 4 is 40.3 Å². The highest BCUT2D eigenvalue weighted by atomic mass is 35.5. The molecule has 2 N–H and O–H groups in total. The zero-order chi connectivity index (χ0) is 18.7. The minimum Gasteiger partial charge on any atom is -0.492 e. The number of aromatic hydroxyl groups is 1. The standard InChI is InChI=1S/C18H14Cl2N4O2/c1-11-9-16(25)24(23-12-5-3-2-4-6-12)18(26)17(11)22-21-13-7-8-14(19)15(20)10-13/h2-10,23,26H,1H3. The van der Waals surface area contributed by atoms with Crippen LogP contribution in [0.1, 0.15) is 5.56 Å². The summed E-state index contributed by atoms with van der Waals surface area (Å²) in [5.74, 6) is -0.345. The number of rotatable bonds is 4. The monoisotopic (exact) mass is 388 g/mol. The summed E-state index contributed by atoms with van der Waals surface area (Å²) in [6, 6.07) is 15.2. The minimum absolute atomic E-state index is 0.166. The van der Waals surface area contributed by atoms with Gasteiger partial charge < -0.3 is 5.11 Å². The second-order valence-corrected chi connectivity index (χ2v) is 6.26. The molecule has 0 bridgehead atoms. The summed E-state index contributed by atoms with van der Waals surface area (Å²) in [6.45, 7) is 1.66. The SMILES string of the molecule is Cc1cc(=O)n(Nc2ccccc2)c(O)c1N=Nc1ccc(Cl)c(Cl)c1. The van der Waals surface area contributed by atoms with E-state index in [1.165, 1.54) is 6.07 Å². The first-order chi connectivity index (χ1) is 12.5. The van der Waals surface area contributed by atoms with Crippen LogP contribution in [0.5, 0.6) is 5.88 Å². The fourth-order valence-electron chi connectivity index (χ4n) is 2.23. The molecular formula is C18H14Cl2N4O2. The second-order valence-electron chi connectivity index (χ2n) is 5.45. The Hall–Kier alpha value is -2.83. The van der Waals surface area contributed by atoms with Gasteiger partial charge in [-0.3, -0.25) is 10.2 Å². The largest absolute Gasteiger partial charge is 0.492 e. The molecule has 1 aromatic heterocycles. The first kappa shape index (κ1) is 18.0. The van der Waals surface area contributed by atoms with Gasteiger partial charge in [0.05, 0.1) is 21.4 Å². The quantitative estimate of drug-likeness (QED) is 0.582. The molecule has 1 heterocycles. The Bertz CT molecular complexity index is 1030. The number of hydrogen-bond acceptors (Lipinski definition) is 5. The van der Waals surface area contributed by atoms with Gasteiger partial charge in [0.1, 0.15) is 0 Å². The topological polar surface area (TPSA) is 79.0 Å². The second kappa shape index (κ2) is 7.59. The molecule has 0 aliphatic heterocycles. The molecule has 8 heteroatoms. The molecule has 2 aromatic carbocycles. The van der Waals surface area contributed by atoms with Gasteiger partial charge in [-0.05, 0) is 42.8 Å². The number of aromatic nitrogens is 1. The van der Waals surface area contributed by atoms with E-state index < -0.39 is 5.56 Å². The van der Waals surface area contributed by atoms with Crippen molar-refractivity contribution in [1.29, 1.82) is 0 Å². The summed E-state index contributed by atoms with van der Waals surface area (Å²) in [5.41, 5.74) is 4.18. The van der Waals surface area contributed by atoms with E-state index in [2.05, 4.69) is 15.7 Å². The molecule has 0 saturated heterocycles. The van der Waals surface area contributed by atoms with E-state index >= 15 is 0 Å². The molecule has 6 nitrogen and oxygen atoms in total. The van der Waals surface area contributed by atoms with Crippen molar-refractivity contribution in [2.75, 3.05) is 5.43 Å². The van der Waals surface area contributed by atoms with E-state index in [-0.39, 0.29) is 11.6 Å². The Balaban J connectivity index is 1.99. The average Bonchev–Trinajstić information content (AvgIpc) is 2.62. The van der Waals surface area contributed by atoms with E-state index in [0.717, 1.165) is 4.68 Å². The maximum absolute atomic E-state index is 12.2. The molecule has 0 radical (unpaired) electrons. The van der Waals surface area contributed by atoms with Crippen LogP contribution in [0.2, 0.25) is 10.0 Å². The van der Waals surface area contributed by atoms with Crippen LogP contribution in [0.4, 0.5) is 17.1 Å². The highest BCUT2D eigenvalue weighted by Crippen LogP contribution is 2.32. The van der Waals surface area contributed by atoms with Crippen LogP contribution in [0.15, 0.2) is 69.6 Å². The van der Waals surface area contributed by atoms with Crippen molar-refractivity contribution in [3.8, 4) is 5.88 Å². The van der Waals surface area contributed by atoms with E-state index in [9.17, 15) is 9.90 Å². The van der Waals surface area contributed by atoms with Crippen molar-refractivity contribution in [3.63, 3.8) is 0 Å². The Morgan fingerprint density at radius 1 is 1.00 bits per heavy atom. The number of aryl methyl sites for hydroxylation is 1. The summed E-state index contributed by atoms with van der Waals surface area (Å²) < 4.78 is 1.01. The normalized spacial score (nSPS) is 11.0. The maximum Gasteiger partial charge on any atom is 0.272 e. The lowest BCUT2D eigenvalue weighted by atomic mass is 10.2. The molecule has 3 rings (SSSR count). The fraction of sp³-hybridized carbons (Fsp3) is 0.0556. The van der Waals surface area contributed by atoms with E-state index in [1.807, 2.05) is 18.2 Å². The number of hydrogen-bond donors (Lipinski definition) is 2. The minimum atomic E-state index is -0.419. The van der Waals surface area contributed by atoms with E-state index in [0.29, 0.717) is 27.0 Å². The molecule has 0 saturated carbocycles. The van der Waals surface area contributed by atoms with Gasteiger partial charge in [0.15, 0.2) is 5.69 Å². The van der Waals surface area contributed by atoms with Crippen molar-refractivity contribution in [2.45, 2.75) is 6.92 Å². The van der Waals surface area contributed by atoms with Crippen LogP contribution in [0.25, 0.3) is 0 Å². The number of para-hydroxylation sites is 1.